The first-order valence-electron chi connectivity index (χ1n) is 9.65. The fourth-order valence-electron chi connectivity index (χ4n) is 3.37. The van der Waals surface area contributed by atoms with Gasteiger partial charge in [-0.15, -0.1) is 35.3 Å². The van der Waals surface area contributed by atoms with Crippen LogP contribution in [0.5, 0.6) is 5.75 Å². The molecule has 3 rings (SSSR count). The number of benzene rings is 1. The van der Waals surface area contributed by atoms with Gasteiger partial charge in [-0.05, 0) is 43.3 Å². The zero-order valence-corrected chi connectivity index (χ0v) is 20.1. The zero-order valence-electron chi connectivity index (χ0n) is 16.9. The highest BCUT2D eigenvalue weighted by Crippen LogP contribution is 2.25. The third kappa shape index (κ3) is 6.09. The number of ether oxygens (including phenoxy) is 1. The Balaban J connectivity index is 0.00000280. The van der Waals surface area contributed by atoms with Crippen molar-refractivity contribution in [3.63, 3.8) is 0 Å². The van der Waals surface area contributed by atoms with Gasteiger partial charge in [-0.3, -0.25) is 9.89 Å². The molecule has 2 N–H and O–H groups in total. The van der Waals surface area contributed by atoms with E-state index in [1.54, 1.807) is 4.88 Å². The summed E-state index contributed by atoms with van der Waals surface area (Å²) in [4.78, 5) is 8.45. The number of hydrogen-bond donors (Lipinski definition) is 2. The molecular formula is C21H31IN4OS. The molecule has 0 amide bonds. The average Bonchev–Trinajstić information content (AvgIpc) is 3.17. The van der Waals surface area contributed by atoms with E-state index in [1.165, 1.54) is 12.0 Å². The second-order valence-electron chi connectivity index (χ2n) is 6.79. The Hall–Kier alpha value is -1.32. The van der Waals surface area contributed by atoms with Crippen LogP contribution in [0.3, 0.4) is 0 Å². The van der Waals surface area contributed by atoms with Crippen LogP contribution in [-0.4, -0.2) is 43.6 Å². The molecule has 0 aliphatic carbocycles. The smallest absolute Gasteiger partial charge is 0.191 e. The maximum Gasteiger partial charge on any atom is 0.191 e. The standard InChI is InChI=1S/C21H30N4OS.HI/c1-4-26-19-8-6-5-7-17(19)14-24-21(22-3)23-13-16(2)25-11-9-20-18(15-25)10-12-27-20;/h5-8,10,12,16H,4,9,11,13-15H2,1-3H3,(H2,22,23,24);1H. The Bertz CT molecular complexity index is 764. The van der Waals surface area contributed by atoms with Crippen molar-refractivity contribution >= 4 is 41.3 Å². The molecule has 0 saturated heterocycles. The van der Waals surface area contributed by atoms with E-state index < -0.39 is 0 Å². The topological polar surface area (TPSA) is 48.9 Å². The molecule has 0 fully saturated rings. The predicted octanol–water partition coefficient (Wildman–Crippen LogP) is 3.88. The van der Waals surface area contributed by atoms with Crippen LogP contribution in [0.2, 0.25) is 0 Å². The van der Waals surface area contributed by atoms with E-state index in [9.17, 15) is 0 Å². The van der Waals surface area contributed by atoms with Crippen LogP contribution in [0.15, 0.2) is 40.7 Å². The molecule has 1 unspecified atom stereocenters. The van der Waals surface area contributed by atoms with E-state index in [1.807, 2.05) is 43.5 Å². The Morgan fingerprint density at radius 2 is 2.11 bits per heavy atom. The van der Waals surface area contributed by atoms with Crippen LogP contribution < -0.4 is 15.4 Å². The van der Waals surface area contributed by atoms with E-state index in [4.69, 9.17) is 4.74 Å². The second-order valence-corrected chi connectivity index (χ2v) is 7.79. The Kier molecular flexibility index (Phi) is 9.53. The summed E-state index contributed by atoms with van der Waals surface area (Å²) >= 11 is 1.89. The molecule has 154 valence electrons. The van der Waals surface area contributed by atoms with Crippen molar-refractivity contribution in [2.75, 3.05) is 26.7 Å². The van der Waals surface area contributed by atoms with Gasteiger partial charge in [-0.1, -0.05) is 18.2 Å². The molecule has 0 radical (unpaired) electrons. The van der Waals surface area contributed by atoms with Gasteiger partial charge in [-0.25, -0.2) is 0 Å². The molecule has 5 nitrogen and oxygen atoms in total. The number of hydrogen-bond acceptors (Lipinski definition) is 4. The number of guanidine groups is 1. The quantitative estimate of drug-likeness (QED) is 0.335. The van der Waals surface area contributed by atoms with Crippen LogP contribution in [0.1, 0.15) is 29.9 Å². The lowest BCUT2D eigenvalue weighted by atomic mass is 10.1. The Morgan fingerprint density at radius 1 is 1.29 bits per heavy atom. The molecule has 7 heteroatoms. The highest BCUT2D eigenvalue weighted by molar-refractivity contribution is 14.0. The maximum atomic E-state index is 5.70. The van der Waals surface area contributed by atoms with Gasteiger partial charge in [0.15, 0.2) is 5.96 Å². The van der Waals surface area contributed by atoms with Gasteiger partial charge in [0, 0.05) is 49.7 Å². The number of nitrogens with zero attached hydrogens (tertiary/aromatic N) is 2. The lowest BCUT2D eigenvalue weighted by Gasteiger charge is -2.32. The maximum absolute atomic E-state index is 5.70. The van der Waals surface area contributed by atoms with Gasteiger partial charge in [-0.2, -0.15) is 0 Å². The van der Waals surface area contributed by atoms with Crippen LogP contribution >= 0.6 is 35.3 Å². The zero-order chi connectivity index (χ0) is 19.1. The number of rotatable bonds is 7. The minimum Gasteiger partial charge on any atom is -0.494 e. The predicted molar refractivity (Wildman–Crippen MR) is 129 cm³/mol. The van der Waals surface area contributed by atoms with E-state index in [0.29, 0.717) is 19.2 Å². The third-order valence-corrected chi connectivity index (χ3v) is 5.99. The minimum absolute atomic E-state index is 0. The lowest BCUT2D eigenvalue weighted by molar-refractivity contribution is 0.192. The van der Waals surface area contributed by atoms with Crippen LogP contribution in [0, 0.1) is 0 Å². The van der Waals surface area contributed by atoms with Crippen molar-refractivity contribution in [3.8, 4) is 5.75 Å². The van der Waals surface area contributed by atoms with Gasteiger partial charge < -0.3 is 15.4 Å². The van der Waals surface area contributed by atoms with Gasteiger partial charge in [0.1, 0.15) is 5.75 Å². The van der Waals surface area contributed by atoms with E-state index >= 15 is 0 Å². The number of aliphatic imine (C=N–C) groups is 1. The molecule has 0 saturated carbocycles. The molecule has 2 aromatic rings. The van der Waals surface area contributed by atoms with Crippen molar-refractivity contribution in [3.05, 3.63) is 51.7 Å². The van der Waals surface area contributed by atoms with Gasteiger partial charge in [0.05, 0.1) is 6.61 Å². The number of para-hydroxylation sites is 1. The monoisotopic (exact) mass is 514 g/mol. The molecule has 0 bridgehead atoms. The van der Waals surface area contributed by atoms with Crippen molar-refractivity contribution in [1.82, 2.24) is 15.5 Å². The largest absolute Gasteiger partial charge is 0.494 e. The van der Waals surface area contributed by atoms with Crippen LogP contribution in [0.25, 0.3) is 0 Å². The molecular weight excluding hydrogens is 483 g/mol. The Morgan fingerprint density at radius 3 is 2.89 bits per heavy atom. The number of nitrogens with one attached hydrogen (secondary N) is 2. The van der Waals surface area contributed by atoms with E-state index in [0.717, 1.165) is 36.9 Å². The highest BCUT2D eigenvalue weighted by atomic mass is 127. The highest BCUT2D eigenvalue weighted by Gasteiger charge is 2.21. The lowest BCUT2D eigenvalue weighted by Crippen LogP contribution is -2.47. The van der Waals surface area contributed by atoms with Gasteiger partial charge in [0.25, 0.3) is 0 Å². The summed E-state index contributed by atoms with van der Waals surface area (Å²) in [6, 6.07) is 10.8. The molecule has 1 atom stereocenters. The van der Waals surface area contributed by atoms with Crippen LogP contribution in [0.4, 0.5) is 0 Å². The molecule has 1 aromatic heterocycles. The molecule has 28 heavy (non-hydrogen) atoms. The Labute approximate surface area is 189 Å². The minimum atomic E-state index is 0. The summed E-state index contributed by atoms with van der Waals surface area (Å²) in [5.41, 5.74) is 2.63. The van der Waals surface area contributed by atoms with Gasteiger partial charge >= 0.3 is 0 Å². The van der Waals surface area contributed by atoms with E-state index in [2.05, 4.69) is 45.0 Å². The average molecular weight is 514 g/mol. The molecule has 1 aromatic carbocycles. The first kappa shape index (κ1) is 23.0. The summed E-state index contributed by atoms with van der Waals surface area (Å²) in [7, 11) is 1.81. The SMILES string of the molecule is CCOc1ccccc1CNC(=NC)NCC(C)N1CCc2sccc2C1.I. The van der Waals surface area contributed by atoms with E-state index in [-0.39, 0.29) is 24.0 Å². The number of thiophene rings is 1. The summed E-state index contributed by atoms with van der Waals surface area (Å²) in [6.45, 7) is 8.69. The number of fused-ring (bicyclic) bond motifs is 1. The van der Waals surface area contributed by atoms with Crippen molar-refractivity contribution in [1.29, 1.82) is 0 Å². The van der Waals surface area contributed by atoms with Gasteiger partial charge in [0.2, 0.25) is 0 Å². The van der Waals surface area contributed by atoms with Crippen molar-refractivity contribution < 1.29 is 4.74 Å². The molecule has 1 aliphatic rings. The second kappa shape index (κ2) is 11.6. The normalized spacial score (nSPS) is 15.3. The first-order chi connectivity index (χ1) is 13.2. The summed E-state index contributed by atoms with van der Waals surface area (Å²) in [5, 5.41) is 9.07. The molecule has 2 heterocycles. The first-order valence-corrected chi connectivity index (χ1v) is 10.5. The van der Waals surface area contributed by atoms with Crippen molar-refractivity contribution in [2.24, 2.45) is 4.99 Å². The molecule has 0 spiro atoms. The molecule has 1 aliphatic heterocycles. The number of halogens is 1. The summed E-state index contributed by atoms with van der Waals surface area (Å²) in [5.74, 6) is 1.75. The van der Waals surface area contributed by atoms with Crippen LogP contribution in [-0.2, 0) is 19.5 Å². The summed E-state index contributed by atoms with van der Waals surface area (Å²) in [6.07, 6.45) is 1.17. The van der Waals surface area contributed by atoms with Crippen molar-refractivity contribution in [2.45, 2.75) is 39.4 Å². The third-order valence-electron chi connectivity index (χ3n) is 4.97. The fourth-order valence-corrected chi connectivity index (χ4v) is 4.26. The fraction of sp³-hybridized carbons (Fsp3) is 0.476. The summed E-state index contributed by atoms with van der Waals surface area (Å²) < 4.78 is 5.70.